The molecular formula is C7H16O2. The molecular weight excluding hydrogens is 116 g/mol. The molecule has 2 heteroatoms. The van der Waals surface area contributed by atoms with Gasteiger partial charge >= 0.3 is 0 Å². The van der Waals surface area contributed by atoms with Gasteiger partial charge in [-0.3, -0.25) is 0 Å². The fourth-order valence-corrected chi connectivity index (χ4v) is 1.03. The molecule has 0 saturated heterocycles. The van der Waals surface area contributed by atoms with Gasteiger partial charge in [-0.05, 0) is 12.8 Å². The van der Waals surface area contributed by atoms with E-state index in [-0.39, 0.29) is 12.2 Å². The zero-order chi connectivity index (χ0) is 7.44. The van der Waals surface area contributed by atoms with Crippen LogP contribution in [0.5, 0.6) is 0 Å². The molecule has 0 aliphatic carbocycles. The molecule has 0 aromatic heterocycles. The van der Waals surface area contributed by atoms with Gasteiger partial charge in [-0.15, -0.1) is 0 Å². The molecule has 0 spiro atoms. The fourth-order valence-electron chi connectivity index (χ4n) is 1.03. The molecule has 0 aromatic rings. The van der Waals surface area contributed by atoms with E-state index in [9.17, 15) is 0 Å². The van der Waals surface area contributed by atoms with Gasteiger partial charge in [-0.25, -0.2) is 0 Å². The lowest BCUT2D eigenvalue weighted by atomic mass is 10.0. The average Bonchev–Trinajstić information content (AvgIpc) is 1.64. The highest BCUT2D eigenvalue weighted by Crippen LogP contribution is 2.08. The number of aliphatic hydroxyl groups excluding tert-OH is 1. The fraction of sp³-hybridized carbons (Fsp3) is 1.00. The predicted octanol–water partition coefficient (Wildman–Crippen LogP) is 1.04. The summed E-state index contributed by atoms with van der Waals surface area (Å²) in [5, 5.41) is 9.06. The molecule has 9 heavy (non-hydrogen) atoms. The minimum absolute atomic E-state index is 0.0231. The van der Waals surface area contributed by atoms with E-state index in [1.807, 2.05) is 13.8 Å². The van der Waals surface area contributed by atoms with Crippen LogP contribution in [-0.2, 0) is 4.74 Å². The molecule has 1 unspecified atom stereocenters. The van der Waals surface area contributed by atoms with Crippen LogP contribution in [0.2, 0.25) is 0 Å². The van der Waals surface area contributed by atoms with E-state index in [0.29, 0.717) is 5.92 Å². The first kappa shape index (κ1) is 8.92. The third kappa shape index (κ3) is 2.82. The second kappa shape index (κ2) is 3.85. The van der Waals surface area contributed by atoms with E-state index < -0.39 is 0 Å². The summed E-state index contributed by atoms with van der Waals surface area (Å²) in [5.41, 5.74) is 0. The first-order chi connectivity index (χ1) is 4.09. The second-order valence-corrected chi connectivity index (χ2v) is 2.68. The number of methoxy groups -OCH3 is 1. The smallest absolute Gasteiger partial charge is 0.0850 e. The summed E-state index contributed by atoms with van der Waals surface area (Å²) in [7, 11) is 1.62. The third-order valence-electron chi connectivity index (χ3n) is 1.40. The van der Waals surface area contributed by atoms with Gasteiger partial charge in [-0.2, -0.15) is 0 Å². The van der Waals surface area contributed by atoms with E-state index in [1.165, 1.54) is 0 Å². The van der Waals surface area contributed by atoms with Crippen LogP contribution in [0.4, 0.5) is 0 Å². The van der Waals surface area contributed by atoms with E-state index in [2.05, 4.69) is 0 Å². The van der Waals surface area contributed by atoms with Gasteiger partial charge in [0.2, 0.25) is 0 Å². The molecule has 0 saturated carbocycles. The normalized spacial score (nSPS) is 18.0. The average molecular weight is 132 g/mol. The lowest BCUT2D eigenvalue weighted by Crippen LogP contribution is -2.30. The maximum Gasteiger partial charge on any atom is 0.0850 e. The quantitative estimate of drug-likeness (QED) is 0.621. The highest BCUT2D eigenvalue weighted by molar-refractivity contribution is 4.66. The van der Waals surface area contributed by atoms with Crippen LogP contribution in [-0.4, -0.2) is 24.4 Å². The Labute approximate surface area is 56.8 Å². The summed E-state index contributed by atoms with van der Waals surface area (Å²) in [4.78, 5) is 0. The largest absolute Gasteiger partial charge is 0.391 e. The molecule has 0 fully saturated rings. The second-order valence-electron chi connectivity index (χ2n) is 2.68. The Hall–Kier alpha value is -0.0800. The van der Waals surface area contributed by atoms with Crippen molar-refractivity contribution >= 4 is 0 Å². The van der Waals surface area contributed by atoms with Gasteiger partial charge in [-0.1, -0.05) is 13.8 Å². The van der Waals surface area contributed by atoms with Gasteiger partial charge in [0, 0.05) is 7.11 Å². The molecule has 1 N–H and O–H groups in total. The van der Waals surface area contributed by atoms with Crippen molar-refractivity contribution in [2.24, 2.45) is 5.92 Å². The SMILES string of the molecule is COC(C(C)C)[C@@H](C)O. The summed E-state index contributed by atoms with van der Waals surface area (Å²) in [5.74, 6) is 0.384. The van der Waals surface area contributed by atoms with Crippen molar-refractivity contribution in [1.29, 1.82) is 0 Å². The maximum absolute atomic E-state index is 9.06. The van der Waals surface area contributed by atoms with Crippen molar-refractivity contribution < 1.29 is 9.84 Å². The lowest BCUT2D eigenvalue weighted by molar-refractivity contribution is -0.0285. The molecule has 0 rings (SSSR count). The van der Waals surface area contributed by atoms with Gasteiger partial charge in [0.05, 0.1) is 12.2 Å². The highest BCUT2D eigenvalue weighted by atomic mass is 16.5. The predicted molar refractivity (Wildman–Crippen MR) is 37.3 cm³/mol. The van der Waals surface area contributed by atoms with E-state index in [1.54, 1.807) is 14.0 Å². The van der Waals surface area contributed by atoms with Crippen molar-refractivity contribution in [2.75, 3.05) is 7.11 Å². The van der Waals surface area contributed by atoms with Crippen LogP contribution in [0.1, 0.15) is 20.8 Å². The molecule has 0 bridgehead atoms. The Balaban J connectivity index is 3.68. The van der Waals surface area contributed by atoms with Crippen molar-refractivity contribution in [2.45, 2.75) is 33.0 Å². The number of rotatable bonds is 3. The van der Waals surface area contributed by atoms with Gasteiger partial charge in [0.25, 0.3) is 0 Å². The van der Waals surface area contributed by atoms with E-state index in [0.717, 1.165) is 0 Å². The van der Waals surface area contributed by atoms with Gasteiger partial charge in [0.15, 0.2) is 0 Å². The van der Waals surface area contributed by atoms with Crippen LogP contribution < -0.4 is 0 Å². The molecule has 56 valence electrons. The molecule has 0 radical (unpaired) electrons. The molecule has 2 nitrogen and oxygen atoms in total. The summed E-state index contributed by atoms with van der Waals surface area (Å²) in [6.45, 7) is 5.80. The lowest BCUT2D eigenvalue weighted by Gasteiger charge is -2.21. The standard InChI is InChI=1S/C7H16O2/c1-5(2)7(9-4)6(3)8/h5-8H,1-4H3/t6-,7?/m1/s1. The maximum atomic E-state index is 9.06. The number of aliphatic hydroxyl groups is 1. The van der Waals surface area contributed by atoms with E-state index in [4.69, 9.17) is 9.84 Å². The van der Waals surface area contributed by atoms with Crippen LogP contribution in [0.25, 0.3) is 0 Å². The first-order valence-corrected chi connectivity index (χ1v) is 3.30. The molecule has 0 heterocycles. The Kier molecular flexibility index (Phi) is 3.82. The Morgan fingerprint density at radius 2 is 1.67 bits per heavy atom. The third-order valence-corrected chi connectivity index (χ3v) is 1.40. The molecule has 2 atom stereocenters. The Morgan fingerprint density at radius 1 is 1.22 bits per heavy atom. The zero-order valence-electron chi connectivity index (χ0n) is 6.59. The molecule has 0 aromatic carbocycles. The number of hydrogen-bond acceptors (Lipinski definition) is 2. The van der Waals surface area contributed by atoms with Crippen LogP contribution >= 0.6 is 0 Å². The van der Waals surface area contributed by atoms with Crippen molar-refractivity contribution in [1.82, 2.24) is 0 Å². The topological polar surface area (TPSA) is 29.5 Å². The van der Waals surface area contributed by atoms with Crippen molar-refractivity contribution in [3.05, 3.63) is 0 Å². The minimum atomic E-state index is -0.366. The summed E-state index contributed by atoms with van der Waals surface area (Å²) in [6.07, 6.45) is -0.389. The first-order valence-electron chi connectivity index (χ1n) is 3.30. The van der Waals surface area contributed by atoms with E-state index >= 15 is 0 Å². The molecule has 0 aliphatic heterocycles. The number of hydrogen-bond donors (Lipinski definition) is 1. The van der Waals surface area contributed by atoms with Crippen molar-refractivity contribution in [3.8, 4) is 0 Å². The summed E-state index contributed by atoms with van der Waals surface area (Å²) in [6, 6.07) is 0. The van der Waals surface area contributed by atoms with Crippen LogP contribution in [0.3, 0.4) is 0 Å². The monoisotopic (exact) mass is 132 g/mol. The minimum Gasteiger partial charge on any atom is -0.391 e. The molecule has 0 aliphatic rings. The molecule has 0 amide bonds. The number of ether oxygens (including phenoxy) is 1. The summed E-state index contributed by atoms with van der Waals surface area (Å²) >= 11 is 0. The van der Waals surface area contributed by atoms with Gasteiger partial charge < -0.3 is 9.84 Å². The zero-order valence-corrected chi connectivity index (χ0v) is 6.59. The summed E-state index contributed by atoms with van der Waals surface area (Å²) < 4.78 is 5.02. The Morgan fingerprint density at radius 3 is 1.67 bits per heavy atom. The van der Waals surface area contributed by atoms with Crippen LogP contribution in [0.15, 0.2) is 0 Å². The van der Waals surface area contributed by atoms with Gasteiger partial charge in [0.1, 0.15) is 0 Å². The Bertz CT molecular complexity index is 61.3. The van der Waals surface area contributed by atoms with Crippen molar-refractivity contribution in [3.63, 3.8) is 0 Å². The highest BCUT2D eigenvalue weighted by Gasteiger charge is 2.16. The van der Waals surface area contributed by atoms with Crippen LogP contribution in [0, 0.1) is 5.92 Å².